The molecule has 156 valence electrons. The number of imidazole rings is 1. The van der Waals surface area contributed by atoms with Crippen molar-refractivity contribution in [2.45, 2.75) is 59.3 Å². The van der Waals surface area contributed by atoms with Crippen LogP contribution >= 0.6 is 0 Å². The van der Waals surface area contributed by atoms with Crippen molar-refractivity contribution >= 4 is 11.6 Å². The first-order chi connectivity index (χ1) is 14.5. The van der Waals surface area contributed by atoms with E-state index in [-0.39, 0.29) is 5.91 Å². The fraction of sp³-hybridized carbons (Fsp3) is 0.385. The molecule has 3 aromatic rings. The predicted octanol–water partition coefficient (Wildman–Crippen LogP) is 5.48. The van der Waals surface area contributed by atoms with E-state index in [1.807, 2.05) is 12.3 Å². The van der Waals surface area contributed by atoms with Crippen molar-refractivity contribution in [2.75, 3.05) is 6.54 Å². The number of aromatic nitrogens is 2. The zero-order chi connectivity index (χ0) is 21.1. The van der Waals surface area contributed by atoms with Crippen LogP contribution < -0.4 is 5.32 Å². The summed E-state index contributed by atoms with van der Waals surface area (Å²) in [6.45, 7) is 7.00. The number of benzene rings is 1. The van der Waals surface area contributed by atoms with Gasteiger partial charge in [-0.2, -0.15) is 0 Å². The molecule has 0 saturated carbocycles. The summed E-state index contributed by atoms with van der Waals surface area (Å²) in [7, 11) is 0. The molecule has 0 fully saturated rings. The number of nitrogens with zero attached hydrogens (tertiary/aromatic N) is 2. The fourth-order valence-electron chi connectivity index (χ4n) is 4.25. The molecule has 1 aliphatic rings. The van der Waals surface area contributed by atoms with Crippen LogP contribution in [0.3, 0.4) is 0 Å². The molecular formula is C26H31N3O. The summed E-state index contributed by atoms with van der Waals surface area (Å²) in [6, 6.07) is 10.5. The molecule has 2 aromatic heterocycles. The van der Waals surface area contributed by atoms with Gasteiger partial charge in [0.15, 0.2) is 0 Å². The van der Waals surface area contributed by atoms with Gasteiger partial charge in [0.1, 0.15) is 5.65 Å². The van der Waals surface area contributed by atoms with Gasteiger partial charge in [-0.3, -0.25) is 4.79 Å². The van der Waals surface area contributed by atoms with E-state index in [0.717, 1.165) is 34.6 Å². The Morgan fingerprint density at radius 2 is 1.97 bits per heavy atom. The number of hydrogen-bond donors (Lipinski definition) is 1. The van der Waals surface area contributed by atoms with Crippen LogP contribution in [0.2, 0.25) is 0 Å². The van der Waals surface area contributed by atoms with Gasteiger partial charge in [0.2, 0.25) is 5.91 Å². The Bertz CT molecular complexity index is 1110. The van der Waals surface area contributed by atoms with E-state index >= 15 is 0 Å². The van der Waals surface area contributed by atoms with Gasteiger partial charge < -0.3 is 9.72 Å². The molecule has 0 saturated heterocycles. The first-order valence-electron chi connectivity index (χ1n) is 11.0. The third-order valence-corrected chi connectivity index (χ3v) is 6.21. The lowest BCUT2D eigenvalue weighted by Gasteiger charge is -2.13. The van der Waals surface area contributed by atoms with Crippen LogP contribution in [0.1, 0.15) is 54.5 Å². The number of hydrogen-bond acceptors (Lipinski definition) is 2. The largest absolute Gasteiger partial charge is 0.355 e. The van der Waals surface area contributed by atoms with Crippen molar-refractivity contribution in [3.63, 3.8) is 0 Å². The second-order valence-corrected chi connectivity index (χ2v) is 8.48. The average Bonchev–Trinajstić information content (AvgIpc) is 3.10. The summed E-state index contributed by atoms with van der Waals surface area (Å²) in [5, 5.41) is 3.13. The molecule has 4 nitrogen and oxygen atoms in total. The minimum absolute atomic E-state index is 0.0554. The van der Waals surface area contributed by atoms with Crippen molar-refractivity contribution in [1.29, 1.82) is 0 Å². The monoisotopic (exact) mass is 401 g/mol. The molecule has 1 aromatic carbocycles. The molecule has 2 heterocycles. The highest BCUT2D eigenvalue weighted by atomic mass is 16.1. The minimum Gasteiger partial charge on any atom is -0.355 e. The highest BCUT2D eigenvalue weighted by Crippen LogP contribution is 2.28. The van der Waals surface area contributed by atoms with Crippen LogP contribution in [0.5, 0.6) is 0 Å². The standard InChI is InChI=1S/C26H31N3O/c1-18-11-12-22(16-20(18)3)25-23(29-15-7-8-19(2)26(29)28-25)17-24(30)27-14-13-21-9-5-4-6-10-21/h7-9,11-12,15-16H,4-6,10,13-14,17H2,1-3H3,(H,27,30). The van der Waals surface area contributed by atoms with E-state index in [1.165, 1.54) is 42.4 Å². The minimum atomic E-state index is 0.0554. The summed E-state index contributed by atoms with van der Waals surface area (Å²) >= 11 is 0. The highest BCUT2D eigenvalue weighted by molar-refractivity contribution is 5.82. The van der Waals surface area contributed by atoms with Crippen LogP contribution in [-0.2, 0) is 11.2 Å². The number of pyridine rings is 1. The van der Waals surface area contributed by atoms with Crippen molar-refractivity contribution in [2.24, 2.45) is 0 Å². The summed E-state index contributed by atoms with van der Waals surface area (Å²) < 4.78 is 2.07. The van der Waals surface area contributed by atoms with E-state index in [4.69, 9.17) is 4.98 Å². The number of allylic oxidation sites excluding steroid dienone is 1. The Morgan fingerprint density at radius 3 is 2.73 bits per heavy atom. The highest BCUT2D eigenvalue weighted by Gasteiger charge is 2.18. The van der Waals surface area contributed by atoms with Crippen LogP contribution in [0.4, 0.5) is 0 Å². The van der Waals surface area contributed by atoms with Crippen LogP contribution in [0.25, 0.3) is 16.9 Å². The average molecular weight is 402 g/mol. The number of carbonyl (C=O) groups is 1. The van der Waals surface area contributed by atoms with Crippen LogP contribution in [0, 0.1) is 20.8 Å². The van der Waals surface area contributed by atoms with Gasteiger partial charge in [-0.25, -0.2) is 4.98 Å². The molecule has 0 spiro atoms. The quantitative estimate of drug-likeness (QED) is 0.556. The predicted molar refractivity (Wildman–Crippen MR) is 123 cm³/mol. The van der Waals surface area contributed by atoms with E-state index in [9.17, 15) is 4.79 Å². The molecule has 1 amide bonds. The maximum atomic E-state index is 12.8. The smallest absolute Gasteiger partial charge is 0.226 e. The maximum Gasteiger partial charge on any atom is 0.226 e. The SMILES string of the molecule is Cc1ccc(-c2nc3c(C)cccn3c2CC(=O)NCCC2=CCCCC2)cc1C. The second-order valence-electron chi connectivity index (χ2n) is 8.48. The number of amides is 1. The Balaban J connectivity index is 1.58. The third kappa shape index (κ3) is 4.33. The fourth-order valence-corrected chi connectivity index (χ4v) is 4.25. The van der Waals surface area contributed by atoms with Gasteiger partial charge in [0, 0.05) is 18.3 Å². The van der Waals surface area contributed by atoms with E-state index in [2.05, 4.69) is 60.8 Å². The number of carbonyl (C=O) groups excluding carboxylic acids is 1. The Morgan fingerprint density at radius 1 is 1.10 bits per heavy atom. The van der Waals surface area contributed by atoms with Gasteiger partial charge in [-0.1, -0.05) is 29.8 Å². The molecule has 30 heavy (non-hydrogen) atoms. The molecule has 4 rings (SSSR count). The lowest BCUT2D eigenvalue weighted by Crippen LogP contribution is -2.27. The van der Waals surface area contributed by atoms with Crippen molar-refractivity contribution < 1.29 is 4.79 Å². The summed E-state index contributed by atoms with van der Waals surface area (Å²) in [5.41, 5.74) is 8.93. The molecule has 0 atom stereocenters. The zero-order valence-corrected chi connectivity index (χ0v) is 18.3. The molecule has 0 unspecified atom stereocenters. The van der Waals surface area contributed by atoms with Gasteiger partial charge in [-0.15, -0.1) is 0 Å². The van der Waals surface area contributed by atoms with Crippen molar-refractivity contribution in [3.8, 4) is 11.3 Å². The van der Waals surface area contributed by atoms with Crippen molar-refractivity contribution in [3.05, 3.63) is 70.6 Å². The normalized spacial score (nSPS) is 14.0. The lowest BCUT2D eigenvalue weighted by atomic mass is 9.97. The van der Waals surface area contributed by atoms with E-state index in [1.54, 1.807) is 0 Å². The summed E-state index contributed by atoms with van der Waals surface area (Å²) in [5.74, 6) is 0.0554. The Kier molecular flexibility index (Phi) is 6.03. The third-order valence-electron chi connectivity index (χ3n) is 6.21. The van der Waals surface area contributed by atoms with Crippen LogP contribution in [0.15, 0.2) is 48.2 Å². The first-order valence-corrected chi connectivity index (χ1v) is 11.0. The molecule has 0 radical (unpaired) electrons. The number of aryl methyl sites for hydroxylation is 3. The van der Waals surface area contributed by atoms with Gasteiger partial charge in [0.05, 0.1) is 17.8 Å². The molecular weight excluding hydrogens is 370 g/mol. The zero-order valence-electron chi connectivity index (χ0n) is 18.3. The molecule has 4 heteroatoms. The van der Waals surface area contributed by atoms with E-state index < -0.39 is 0 Å². The molecule has 0 aliphatic heterocycles. The summed E-state index contributed by atoms with van der Waals surface area (Å²) in [6.07, 6.45) is 10.6. The number of rotatable bonds is 6. The van der Waals surface area contributed by atoms with Crippen molar-refractivity contribution in [1.82, 2.24) is 14.7 Å². The van der Waals surface area contributed by atoms with Gasteiger partial charge in [-0.05, 0) is 81.7 Å². The molecule has 1 N–H and O–H groups in total. The van der Waals surface area contributed by atoms with Crippen LogP contribution in [-0.4, -0.2) is 21.8 Å². The van der Waals surface area contributed by atoms with E-state index in [0.29, 0.717) is 13.0 Å². The number of nitrogens with one attached hydrogen (secondary N) is 1. The van der Waals surface area contributed by atoms with Gasteiger partial charge >= 0.3 is 0 Å². The molecule has 1 aliphatic carbocycles. The Labute approximate surface area is 179 Å². The maximum absolute atomic E-state index is 12.8. The molecule has 0 bridgehead atoms. The topological polar surface area (TPSA) is 46.4 Å². The number of fused-ring (bicyclic) bond motifs is 1. The lowest BCUT2D eigenvalue weighted by molar-refractivity contribution is -0.120. The summed E-state index contributed by atoms with van der Waals surface area (Å²) in [4.78, 5) is 17.7. The van der Waals surface area contributed by atoms with Gasteiger partial charge in [0.25, 0.3) is 0 Å². The second kappa shape index (κ2) is 8.86. The Hall–Kier alpha value is -2.88. The first kappa shape index (κ1) is 20.4.